The summed E-state index contributed by atoms with van der Waals surface area (Å²) < 4.78 is 0. The fourth-order valence-electron chi connectivity index (χ4n) is 8.18. The van der Waals surface area contributed by atoms with Gasteiger partial charge >= 0.3 is 0 Å². The molecule has 0 aliphatic heterocycles. The molecule has 3 aromatic rings. The van der Waals surface area contributed by atoms with Crippen molar-refractivity contribution in [3.05, 3.63) is 137 Å². The van der Waals surface area contributed by atoms with Crippen molar-refractivity contribution in [3.63, 3.8) is 0 Å². The van der Waals surface area contributed by atoms with Crippen LogP contribution in [0.15, 0.2) is 103 Å². The minimum Gasteiger partial charge on any atom is -0.115 e. The van der Waals surface area contributed by atoms with Gasteiger partial charge in [0.05, 0.1) is 0 Å². The lowest BCUT2D eigenvalue weighted by Gasteiger charge is -2.36. The molecule has 220 valence electrons. The zero-order chi connectivity index (χ0) is 29.6. The Morgan fingerprint density at radius 3 is 2.30 bits per heavy atom. The minimum absolute atomic E-state index is 0.426. The lowest BCUT2D eigenvalue weighted by atomic mass is 9.69. The van der Waals surface area contributed by atoms with Crippen LogP contribution in [0, 0.1) is 30.1 Å². The van der Waals surface area contributed by atoms with Gasteiger partial charge in [0.15, 0.2) is 0 Å². The molecular formula is C43H48. The number of aryl methyl sites for hydroxylation is 1. The number of hydrogen-bond donors (Lipinski definition) is 0. The van der Waals surface area contributed by atoms with Gasteiger partial charge in [0.2, 0.25) is 0 Å². The third kappa shape index (κ3) is 7.16. The summed E-state index contributed by atoms with van der Waals surface area (Å²) in [4.78, 5) is 0. The maximum atomic E-state index is 5.91. The number of terminal acetylenes is 1. The zero-order valence-electron chi connectivity index (χ0n) is 26.1. The summed E-state index contributed by atoms with van der Waals surface area (Å²) in [5.41, 5.74) is 11.0. The molecule has 0 saturated heterocycles. The Hall–Kier alpha value is -3.56. The summed E-state index contributed by atoms with van der Waals surface area (Å²) >= 11 is 0. The van der Waals surface area contributed by atoms with Gasteiger partial charge in [-0.15, -0.1) is 6.42 Å². The normalized spacial score (nSPS) is 22.7. The van der Waals surface area contributed by atoms with Crippen molar-refractivity contribution in [3.8, 4) is 12.3 Å². The summed E-state index contributed by atoms with van der Waals surface area (Å²) in [5, 5.41) is 0. The van der Waals surface area contributed by atoms with E-state index >= 15 is 0 Å². The van der Waals surface area contributed by atoms with Crippen molar-refractivity contribution in [2.24, 2.45) is 17.8 Å². The summed E-state index contributed by atoms with van der Waals surface area (Å²) in [5.74, 6) is 6.01. The van der Waals surface area contributed by atoms with Crippen molar-refractivity contribution >= 4 is 5.57 Å². The van der Waals surface area contributed by atoms with Crippen molar-refractivity contribution < 1.29 is 0 Å². The molecule has 0 heterocycles. The van der Waals surface area contributed by atoms with Crippen LogP contribution in [-0.4, -0.2) is 0 Å². The molecule has 3 aromatic carbocycles. The molecule has 2 fully saturated rings. The lowest BCUT2D eigenvalue weighted by Crippen LogP contribution is -2.23. The van der Waals surface area contributed by atoms with E-state index < -0.39 is 0 Å². The standard InChI is InChI=1S/C43H48/c1-4-36-21-19-35(30-42(36)38-12-8-9-13-38)29-34-17-22-39(23-18-34)43(32(3)15-16-33-10-6-5-7-11-33)40-26-24-37(25-27-40)41-20-14-31(2)28-41/h1,5-7,10-11,14,19-21,24-28,30-31,34,38-39,43H,3,8-9,12-13,15-18,22-23,29H2,2H3. The zero-order valence-corrected chi connectivity index (χ0v) is 26.1. The summed E-state index contributed by atoms with van der Waals surface area (Å²) in [6.07, 6.45) is 26.6. The third-order valence-corrected chi connectivity index (χ3v) is 10.6. The van der Waals surface area contributed by atoms with E-state index in [1.807, 2.05) is 0 Å². The van der Waals surface area contributed by atoms with E-state index in [4.69, 9.17) is 13.0 Å². The number of allylic oxidation sites excluding steroid dienone is 5. The topological polar surface area (TPSA) is 0 Å². The molecule has 0 nitrogen and oxygen atoms in total. The molecule has 2 atom stereocenters. The van der Waals surface area contributed by atoms with Gasteiger partial charge in [0, 0.05) is 11.5 Å². The second-order valence-electron chi connectivity index (χ2n) is 13.6. The molecule has 2 unspecified atom stereocenters. The molecule has 0 spiro atoms. The maximum Gasteiger partial charge on any atom is 0.0277 e. The van der Waals surface area contributed by atoms with Gasteiger partial charge in [0.25, 0.3) is 0 Å². The highest BCUT2D eigenvalue weighted by molar-refractivity contribution is 5.76. The van der Waals surface area contributed by atoms with Crippen LogP contribution in [-0.2, 0) is 12.8 Å². The molecule has 3 aliphatic carbocycles. The van der Waals surface area contributed by atoms with Crippen LogP contribution < -0.4 is 0 Å². The van der Waals surface area contributed by atoms with Crippen LogP contribution in [0.5, 0.6) is 0 Å². The summed E-state index contributed by atoms with van der Waals surface area (Å²) in [7, 11) is 0. The fourth-order valence-corrected chi connectivity index (χ4v) is 8.18. The molecule has 0 radical (unpaired) electrons. The molecule has 0 bridgehead atoms. The monoisotopic (exact) mass is 564 g/mol. The SMILES string of the molecule is C#Cc1ccc(CC2CCC(C(C(=C)CCc3ccccc3)c3ccc(C4=CC(C)C=C4)cc3)CC2)cc1C1CCCC1. The molecule has 3 aliphatic rings. The average Bonchev–Trinajstić information content (AvgIpc) is 3.74. The van der Waals surface area contributed by atoms with E-state index in [9.17, 15) is 0 Å². The first-order valence-electron chi connectivity index (χ1n) is 16.9. The van der Waals surface area contributed by atoms with Crippen molar-refractivity contribution in [1.82, 2.24) is 0 Å². The first-order chi connectivity index (χ1) is 21.1. The smallest absolute Gasteiger partial charge is 0.0277 e. The summed E-state index contributed by atoms with van der Waals surface area (Å²) in [6.45, 7) is 7.00. The van der Waals surface area contributed by atoms with E-state index in [0.29, 0.717) is 23.7 Å². The molecule has 0 amide bonds. The first kappa shape index (κ1) is 29.5. The van der Waals surface area contributed by atoms with Gasteiger partial charge in [-0.05, 0) is 121 Å². The van der Waals surface area contributed by atoms with Gasteiger partial charge in [0.1, 0.15) is 0 Å². The minimum atomic E-state index is 0.426. The Bertz CT molecular complexity index is 1480. The molecule has 0 heteroatoms. The third-order valence-electron chi connectivity index (χ3n) is 10.6. The van der Waals surface area contributed by atoms with Crippen molar-refractivity contribution in [2.75, 3.05) is 0 Å². The van der Waals surface area contributed by atoms with Gasteiger partial charge < -0.3 is 0 Å². The van der Waals surface area contributed by atoms with Crippen LogP contribution in [0.25, 0.3) is 5.57 Å². The van der Waals surface area contributed by atoms with E-state index in [0.717, 1.165) is 24.3 Å². The van der Waals surface area contributed by atoms with E-state index in [1.165, 1.54) is 96.8 Å². The molecular weight excluding hydrogens is 516 g/mol. The Balaban J connectivity index is 1.15. The maximum absolute atomic E-state index is 5.91. The predicted molar refractivity (Wildman–Crippen MR) is 184 cm³/mol. The Kier molecular flexibility index (Phi) is 9.48. The second kappa shape index (κ2) is 13.8. The highest BCUT2D eigenvalue weighted by atomic mass is 14.4. The van der Waals surface area contributed by atoms with Crippen LogP contribution in [0.3, 0.4) is 0 Å². The Labute approximate surface area is 261 Å². The number of rotatable bonds is 10. The largest absolute Gasteiger partial charge is 0.115 e. The van der Waals surface area contributed by atoms with Crippen LogP contribution in [0.2, 0.25) is 0 Å². The molecule has 0 N–H and O–H groups in total. The first-order valence-corrected chi connectivity index (χ1v) is 16.9. The van der Waals surface area contributed by atoms with E-state index in [1.54, 1.807) is 0 Å². The molecule has 0 aromatic heterocycles. The van der Waals surface area contributed by atoms with E-state index in [-0.39, 0.29) is 0 Å². The van der Waals surface area contributed by atoms with Gasteiger partial charge in [-0.2, -0.15) is 0 Å². The van der Waals surface area contributed by atoms with Crippen molar-refractivity contribution in [2.45, 2.75) is 89.4 Å². The van der Waals surface area contributed by atoms with Gasteiger partial charge in [-0.25, -0.2) is 0 Å². The molecule has 6 rings (SSSR count). The average molecular weight is 565 g/mol. The van der Waals surface area contributed by atoms with Gasteiger partial charge in [-0.1, -0.05) is 123 Å². The number of hydrogen-bond acceptors (Lipinski definition) is 0. The predicted octanol–water partition coefficient (Wildman–Crippen LogP) is 11.2. The molecule has 43 heavy (non-hydrogen) atoms. The lowest BCUT2D eigenvalue weighted by molar-refractivity contribution is 0.252. The second-order valence-corrected chi connectivity index (χ2v) is 13.6. The van der Waals surface area contributed by atoms with E-state index in [2.05, 4.69) is 104 Å². The summed E-state index contributed by atoms with van der Waals surface area (Å²) in [6, 6.07) is 27.4. The Morgan fingerprint density at radius 2 is 1.63 bits per heavy atom. The Morgan fingerprint density at radius 1 is 0.884 bits per heavy atom. The quantitative estimate of drug-likeness (QED) is 0.170. The fraction of sp³-hybridized carbons (Fsp3) is 0.395. The van der Waals surface area contributed by atoms with Crippen LogP contribution >= 0.6 is 0 Å². The van der Waals surface area contributed by atoms with Crippen LogP contribution in [0.1, 0.15) is 110 Å². The highest BCUT2D eigenvalue weighted by Crippen LogP contribution is 2.44. The van der Waals surface area contributed by atoms with Crippen molar-refractivity contribution in [1.29, 1.82) is 0 Å². The number of benzene rings is 3. The molecule has 2 saturated carbocycles. The van der Waals surface area contributed by atoms with Gasteiger partial charge in [-0.3, -0.25) is 0 Å². The van der Waals surface area contributed by atoms with Crippen LogP contribution in [0.4, 0.5) is 0 Å². The highest BCUT2D eigenvalue weighted by Gasteiger charge is 2.31.